The van der Waals surface area contributed by atoms with Crippen molar-refractivity contribution in [1.82, 2.24) is 20.2 Å². The molecular formula is C20H32N6. The third kappa shape index (κ3) is 6.78. The molecular weight excluding hydrogens is 324 g/mol. The summed E-state index contributed by atoms with van der Waals surface area (Å²) < 4.78 is 2.08. The number of rotatable bonds is 10. The number of imidazole rings is 1. The summed E-state index contributed by atoms with van der Waals surface area (Å²) in [7, 11) is 0. The van der Waals surface area contributed by atoms with E-state index in [0.717, 1.165) is 51.6 Å². The van der Waals surface area contributed by atoms with Crippen molar-refractivity contribution in [2.24, 2.45) is 4.99 Å². The summed E-state index contributed by atoms with van der Waals surface area (Å²) in [4.78, 5) is 11.1. The molecule has 0 spiro atoms. The lowest BCUT2D eigenvalue weighted by molar-refractivity contribution is 0.646. The maximum atomic E-state index is 4.66. The van der Waals surface area contributed by atoms with Gasteiger partial charge in [-0.1, -0.05) is 12.1 Å². The average molecular weight is 357 g/mol. The minimum absolute atomic E-state index is 0.795. The largest absolute Gasteiger partial charge is 0.370 e. The van der Waals surface area contributed by atoms with E-state index in [2.05, 4.69) is 75.1 Å². The number of likely N-dealkylation sites (N-methyl/N-ethyl adjacent to an activating group) is 1. The molecule has 1 aromatic carbocycles. The highest BCUT2D eigenvalue weighted by Gasteiger charge is 2.05. The van der Waals surface area contributed by atoms with Crippen molar-refractivity contribution in [3.05, 3.63) is 48.5 Å². The first kappa shape index (κ1) is 19.8. The molecule has 2 aromatic rings. The van der Waals surface area contributed by atoms with Crippen LogP contribution in [0.1, 0.15) is 25.8 Å². The predicted molar refractivity (Wildman–Crippen MR) is 110 cm³/mol. The van der Waals surface area contributed by atoms with Gasteiger partial charge in [0.1, 0.15) is 0 Å². The van der Waals surface area contributed by atoms with E-state index in [1.807, 2.05) is 18.7 Å². The molecule has 0 aliphatic carbocycles. The molecule has 0 amide bonds. The number of aryl methyl sites for hydroxylation is 2. The smallest absolute Gasteiger partial charge is 0.191 e. The van der Waals surface area contributed by atoms with E-state index in [9.17, 15) is 0 Å². The number of aliphatic imine (C=N–C) groups is 1. The monoisotopic (exact) mass is 356 g/mol. The molecule has 0 bridgehead atoms. The van der Waals surface area contributed by atoms with Crippen LogP contribution >= 0.6 is 0 Å². The van der Waals surface area contributed by atoms with E-state index in [4.69, 9.17) is 0 Å². The summed E-state index contributed by atoms with van der Waals surface area (Å²) in [6.07, 6.45) is 6.63. The Balaban J connectivity index is 1.78. The zero-order valence-corrected chi connectivity index (χ0v) is 16.3. The maximum Gasteiger partial charge on any atom is 0.191 e. The van der Waals surface area contributed by atoms with Crippen LogP contribution in [0.4, 0.5) is 5.69 Å². The molecule has 2 N–H and O–H groups in total. The molecule has 0 aliphatic heterocycles. The highest BCUT2D eigenvalue weighted by atomic mass is 15.2. The molecule has 0 fully saturated rings. The minimum atomic E-state index is 0.795. The van der Waals surface area contributed by atoms with Crippen LogP contribution in [-0.2, 0) is 6.54 Å². The van der Waals surface area contributed by atoms with Crippen LogP contribution in [0.3, 0.4) is 0 Å². The topological polar surface area (TPSA) is 57.5 Å². The second-order valence-corrected chi connectivity index (χ2v) is 6.26. The second kappa shape index (κ2) is 11.2. The molecule has 0 saturated carbocycles. The van der Waals surface area contributed by atoms with Crippen molar-refractivity contribution in [1.29, 1.82) is 0 Å². The summed E-state index contributed by atoms with van der Waals surface area (Å²) in [6.45, 7) is 11.8. The Morgan fingerprint density at radius 2 is 2.15 bits per heavy atom. The molecule has 26 heavy (non-hydrogen) atoms. The quantitative estimate of drug-likeness (QED) is 0.390. The molecule has 0 aliphatic rings. The van der Waals surface area contributed by atoms with Crippen molar-refractivity contribution in [3.63, 3.8) is 0 Å². The Bertz CT molecular complexity index is 650. The number of hydrogen-bond acceptors (Lipinski definition) is 3. The predicted octanol–water partition coefficient (Wildman–Crippen LogP) is 2.66. The van der Waals surface area contributed by atoms with Crippen LogP contribution in [0.5, 0.6) is 0 Å². The van der Waals surface area contributed by atoms with Crippen LogP contribution in [0, 0.1) is 6.92 Å². The average Bonchev–Trinajstić information content (AvgIpc) is 3.15. The lowest BCUT2D eigenvalue weighted by atomic mass is 10.2. The molecule has 0 atom stereocenters. The minimum Gasteiger partial charge on any atom is -0.370 e. The van der Waals surface area contributed by atoms with E-state index in [1.165, 1.54) is 11.3 Å². The first-order valence-electron chi connectivity index (χ1n) is 9.52. The Morgan fingerprint density at radius 3 is 2.85 bits per heavy atom. The maximum absolute atomic E-state index is 4.66. The van der Waals surface area contributed by atoms with E-state index >= 15 is 0 Å². The number of anilines is 1. The van der Waals surface area contributed by atoms with E-state index in [1.54, 1.807) is 0 Å². The third-order valence-electron chi connectivity index (χ3n) is 4.17. The van der Waals surface area contributed by atoms with Gasteiger partial charge in [-0.3, -0.25) is 4.99 Å². The molecule has 0 unspecified atom stereocenters. The fraction of sp³-hybridized carbons (Fsp3) is 0.500. The highest BCUT2D eigenvalue weighted by Crippen LogP contribution is 2.14. The van der Waals surface area contributed by atoms with Gasteiger partial charge in [-0.15, -0.1) is 0 Å². The fourth-order valence-electron chi connectivity index (χ4n) is 2.81. The van der Waals surface area contributed by atoms with Crippen LogP contribution < -0.4 is 15.5 Å². The van der Waals surface area contributed by atoms with E-state index < -0.39 is 0 Å². The number of aromatic nitrogens is 2. The number of nitrogens with zero attached hydrogens (tertiary/aromatic N) is 4. The summed E-state index contributed by atoms with van der Waals surface area (Å²) in [6, 6.07) is 8.66. The van der Waals surface area contributed by atoms with Gasteiger partial charge in [-0.05, 0) is 44.9 Å². The van der Waals surface area contributed by atoms with Gasteiger partial charge in [-0.25, -0.2) is 4.98 Å². The van der Waals surface area contributed by atoms with E-state index in [0.29, 0.717) is 0 Å². The van der Waals surface area contributed by atoms with Crippen LogP contribution in [0.2, 0.25) is 0 Å². The fourth-order valence-corrected chi connectivity index (χ4v) is 2.81. The van der Waals surface area contributed by atoms with Crippen LogP contribution in [0.15, 0.2) is 48.0 Å². The normalized spacial score (nSPS) is 11.4. The van der Waals surface area contributed by atoms with Gasteiger partial charge < -0.3 is 20.1 Å². The SMILES string of the molecule is CCNC(=NCCCn1ccnc1)NCCN(CC)c1cccc(C)c1. The van der Waals surface area contributed by atoms with Gasteiger partial charge in [0.05, 0.1) is 6.33 Å². The lowest BCUT2D eigenvalue weighted by Gasteiger charge is -2.24. The first-order valence-corrected chi connectivity index (χ1v) is 9.52. The van der Waals surface area contributed by atoms with Gasteiger partial charge in [-0.2, -0.15) is 0 Å². The zero-order chi connectivity index (χ0) is 18.6. The van der Waals surface area contributed by atoms with E-state index in [-0.39, 0.29) is 0 Å². The molecule has 6 nitrogen and oxygen atoms in total. The van der Waals surface area contributed by atoms with Crippen molar-refractivity contribution in [3.8, 4) is 0 Å². The summed E-state index contributed by atoms with van der Waals surface area (Å²) in [5, 5.41) is 6.76. The van der Waals surface area contributed by atoms with Gasteiger partial charge in [0.15, 0.2) is 5.96 Å². The van der Waals surface area contributed by atoms with Gasteiger partial charge in [0.25, 0.3) is 0 Å². The Kier molecular flexibility index (Phi) is 8.52. The van der Waals surface area contributed by atoms with Crippen molar-refractivity contribution >= 4 is 11.6 Å². The van der Waals surface area contributed by atoms with Gasteiger partial charge >= 0.3 is 0 Å². The Hall–Kier alpha value is -2.50. The lowest BCUT2D eigenvalue weighted by Crippen LogP contribution is -2.41. The molecule has 6 heteroatoms. The van der Waals surface area contributed by atoms with Crippen molar-refractivity contribution in [2.45, 2.75) is 33.7 Å². The molecule has 0 radical (unpaired) electrons. The zero-order valence-electron chi connectivity index (χ0n) is 16.3. The molecule has 0 saturated heterocycles. The summed E-state index contributed by atoms with van der Waals surface area (Å²) in [5.74, 6) is 0.887. The van der Waals surface area contributed by atoms with Crippen LogP contribution in [0.25, 0.3) is 0 Å². The summed E-state index contributed by atoms with van der Waals surface area (Å²) >= 11 is 0. The van der Waals surface area contributed by atoms with Crippen molar-refractivity contribution < 1.29 is 0 Å². The molecule has 142 valence electrons. The number of guanidine groups is 1. The Morgan fingerprint density at radius 1 is 1.27 bits per heavy atom. The Labute approximate surface area is 157 Å². The molecule has 1 aromatic heterocycles. The van der Waals surface area contributed by atoms with Crippen molar-refractivity contribution in [2.75, 3.05) is 37.6 Å². The third-order valence-corrected chi connectivity index (χ3v) is 4.17. The second-order valence-electron chi connectivity index (χ2n) is 6.26. The summed E-state index contributed by atoms with van der Waals surface area (Å²) in [5.41, 5.74) is 2.57. The highest BCUT2D eigenvalue weighted by molar-refractivity contribution is 5.79. The number of nitrogens with one attached hydrogen (secondary N) is 2. The van der Waals surface area contributed by atoms with Crippen LogP contribution in [-0.4, -0.2) is 48.2 Å². The first-order chi connectivity index (χ1) is 12.7. The van der Waals surface area contributed by atoms with Gasteiger partial charge in [0, 0.05) is 57.3 Å². The van der Waals surface area contributed by atoms with Gasteiger partial charge in [0.2, 0.25) is 0 Å². The number of benzene rings is 1. The molecule has 2 rings (SSSR count). The molecule has 1 heterocycles. The standard InChI is InChI=1S/C20H32N6/c1-4-22-20(23-10-7-13-25-14-11-21-17-25)24-12-15-26(5-2)19-9-6-8-18(3)16-19/h6,8-9,11,14,16-17H,4-5,7,10,12-13,15H2,1-3H3,(H2,22,23,24). The number of hydrogen-bond donors (Lipinski definition) is 2.